The average molecular weight is 245 g/mol. The second kappa shape index (κ2) is 3.96. The van der Waals surface area contributed by atoms with E-state index >= 15 is 0 Å². The Kier molecular flexibility index (Phi) is 3.17. The lowest BCUT2D eigenvalue weighted by atomic mass is 10.2. The first-order chi connectivity index (χ1) is 5.65. The molecule has 0 atom stereocenters. The van der Waals surface area contributed by atoms with E-state index in [1.807, 2.05) is 18.4 Å². The minimum absolute atomic E-state index is 0.494. The number of halogens is 1. The molecule has 0 radical (unpaired) electrons. The van der Waals surface area contributed by atoms with Gasteiger partial charge in [-0.1, -0.05) is 15.9 Å². The van der Waals surface area contributed by atoms with Gasteiger partial charge in [0.05, 0.1) is 5.04 Å². The van der Waals surface area contributed by atoms with Crippen molar-refractivity contribution < 1.29 is 0 Å². The van der Waals surface area contributed by atoms with Gasteiger partial charge in [0.1, 0.15) is 0 Å². The molecule has 0 aliphatic rings. The largest absolute Gasteiger partial charge is 0.398 e. The number of hydrogen-bond donors (Lipinski definition) is 2. The molecule has 0 spiro atoms. The number of nitrogen functional groups attached to an aromatic ring is 1. The zero-order chi connectivity index (χ0) is 9.14. The summed E-state index contributed by atoms with van der Waals surface area (Å²) in [6.45, 7) is 0. The average Bonchev–Trinajstić information content (AvgIpc) is 2.08. The maximum Gasteiger partial charge on any atom is 0.0960 e. The summed E-state index contributed by atoms with van der Waals surface area (Å²) >= 11 is 4.72. The zero-order valence-corrected chi connectivity index (χ0v) is 9.00. The van der Waals surface area contributed by atoms with Gasteiger partial charge in [-0.25, -0.2) is 0 Å². The van der Waals surface area contributed by atoms with Crippen LogP contribution in [0.3, 0.4) is 0 Å². The third-order valence-corrected chi connectivity index (χ3v) is 2.59. The predicted octanol–water partition coefficient (Wildman–Crippen LogP) is 2.72. The standard InChI is InChI=1S/C8H9BrN2S/c1-12-8(11)6-4-5(9)2-3-7(6)10/h2-4,11H,10H2,1H3. The van der Waals surface area contributed by atoms with Crippen LogP contribution in [0.1, 0.15) is 5.56 Å². The van der Waals surface area contributed by atoms with E-state index in [0.29, 0.717) is 10.7 Å². The predicted molar refractivity (Wildman–Crippen MR) is 58.9 cm³/mol. The van der Waals surface area contributed by atoms with Gasteiger partial charge < -0.3 is 5.73 Å². The summed E-state index contributed by atoms with van der Waals surface area (Å²) in [5.41, 5.74) is 7.13. The first-order valence-electron chi connectivity index (χ1n) is 3.33. The Morgan fingerprint density at radius 1 is 1.58 bits per heavy atom. The highest BCUT2D eigenvalue weighted by Crippen LogP contribution is 2.21. The molecule has 3 N–H and O–H groups in total. The molecule has 0 saturated heterocycles. The van der Waals surface area contributed by atoms with Crippen LogP contribution in [0.2, 0.25) is 0 Å². The van der Waals surface area contributed by atoms with E-state index in [9.17, 15) is 0 Å². The van der Waals surface area contributed by atoms with E-state index in [2.05, 4.69) is 15.9 Å². The molecule has 0 amide bonds. The fraction of sp³-hybridized carbons (Fsp3) is 0.125. The van der Waals surface area contributed by atoms with Gasteiger partial charge in [0.15, 0.2) is 0 Å². The maximum atomic E-state index is 7.58. The highest BCUT2D eigenvalue weighted by molar-refractivity contribution is 9.10. The monoisotopic (exact) mass is 244 g/mol. The summed E-state index contributed by atoms with van der Waals surface area (Å²) in [4.78, 5) is 0. The van der Waals surface area contributed by atoms with Crippen molar-refractivity contribution in [1.82, 2.24) is 0 Å². The van der Waals surface area contributed by atoms with Crippen LogP contribution < -0.4 is 5.73 Å². The molecule has 0 aromatic heterocycles. The molecule has 0 aliphatic heterocycles. The number of anilines is 1. The van der Waals surface area contributed by atoms with E-state index in [0.717, 1.165) is 10.0 Å². The molecular weight excluding hydrogens is 236 g/mol. The molecule has 1 rings (SSSR count). The summed E-state index contributed by atoms with van der Waals surface area (Å²) in [5, 5.41) is 8.07. The summed E-state index contributed by atoms with van der Waals surface area (Å²) in [7, 11) is 0. The Balaban J connectivity index is 3.13. The fourth-order valence-corrected chi connectivity index (χ4v) is 1.59. The molecule has 1 aromatic carbocycles. The highest BCUT2D eigenvalue weighted by atomic mass is 79.9. The number of nitrogens with one attached hydrogen (secondary N) is 1. The van der Waals surface area contributed by atoms with Gasteiger partial charge in [0, 0.05) is 15.7 Å². The number of rotatable bonds is 1. The summed E-state index contributed by atoms with van der Waals surface area (Å²) in [5.74, 6) is 0. The minimum atomic E-state index is 0.494. The second-order valence-electron chi connectivity index (χ2n) is 2.26. The molecule has 2 nitrogen and oxygen atoms in total. The number of nitrogens with two attached hydrogens (primary N) is 1. The number of benzene rings is 1. The van der Waals surface area contributed by atoms with Crippen molar-refractivity contribution in [2.24, 2.45) is 0 Å². The van der Waals surface area contributed by atoms with Crippen molar-refractivity contribution in [1.29, 1.82) is 5.41 Å². The molecular formula is C8H9BrN2S. The van der Waals surface area contributed by atoms with Crippen LogP contribution in [0.5, 0.6) is 0 Å². The number of thioether (sulfide) groups is 1. The Morgan fingerprint density at radius 2 is 2.25 bits per heavy atom. The molecule has 0 bridgehead atoms. The van der Waals surface area contributed by atoms with Crippen LogP contribution in [0.15, 0.2) is 22.7 Å². The van der Waals surface area contributed by atoms with Gasteiger partial charge in [0.2, 0.25) is 0 Å². The van der Waals surface area contributed by atoms with E-state index in [-0.39, 0.29) is 0 Å². The smallest absolute Gasteiger partial charge is 0.0960 e. The van der Waals surface area contributed by atoms with E-state index < -0.39 is 0 Å². The zero-order valence-electron chi connectivity index (χ0n) is 6.60. The van der Waals surface area contributed by atoms with Crippen LogP contribution in [0.25, 0.3) is 0 Å². The molecule has 0 saturated carbocycles. The third-order valence-electron chi connectivity index (χ3n) is 1.46. The summed E-state index contributed by atoms with van der Waals surface area (Å²) < 4.78 is 0.950. The Bertz CT molecular complexity index is 312. The van der Waals surface area contributed by atoms with Crippen LogP contribution in [0.4, 0.5) is 5.69 Å². The van der Waals surface area contributed by atoms with Gasteiger partial charge in [-0.2, -0.15) is 0 Å². The van der Waals surface area contributed by atoms with Crippen molar-refractivity contribution in [3.05, 3.63) is 28.2 Å². The van der Waals surface area contributed by atoms with Crippen molar-refractivity contribution in [3.8, 4) is 0 Å². The van der Waals surface area contributed by atoms with Gasteiger partial charge in [-0.3, -0.25) is 5.41 Å². The summed E-state index contributed by atoms with van der Waals surface area (Å²) in [6, 6.07) is 5.52. The fourth-order valence-electron chi connectivity index (χ4n) is 0.835. The van der Waals surface area contributed by atoms with Gasteiger partial charge in [0.25, 0.3) is 0 Å². The maximum absolute atomic E-state index is 7.58. The summed E-state index contributed by atoms with van der Waals surface area (Å²) in [6.07, 6.45) is 1.86. The van der Waals surface area contributed by atoms with Crippen LogP contribution in [-0.2, 0) is 0 Å². The molecule has 0 heterocycles. The quantitative estimate of drug-likeness (QED) is 0.454. The van der Waals surface area contributed by atoms with Gasteiger partial charge in [-0.15, -0.1) is 11.8 Å². The topological polar surface area (TPSA) is 49.9 Å². The molecule has 12 heavy (non-hydrogen) atoms. The highest BCUT2D eigenvalue weighted by Gasteiger charge is 2.04. The van der Waals surface area contributed by atoms with Crippen LogP contribution >= 0.6 is 27.7 Å². The van der Waals surface area contributed by atoms with Crippen LogP contribution in [0, 0.1) is 5.41 Å². The lowest BCUT2D eigenvalue weighted by molar-refractivity contribution is 1.51. The number of hydrogen-bond acceptors (Lipinski definition) is 3. The van der Waals surface area contributed by atoms with Gasteiger partial charge in [-0.05, 0) is 24.5 Å². The van der Waals surface area contributed by atoms with Crippen molar-refractivity contribution in [2.45, 2.75) is 0 Å². The normalized spacial score (nSPS) is 9.83. The molecule has 0 aliphatic carbocycles. The van der Waals surface area contributed by atoms with E-state index in [4.69, 9.17) is 11.1 Å². The Hall–Kier alpha value is -0.480. The molecule has 0 unspecified atom stereocenters. The Morgan fingerprint density at radius 3 is 2.83 bits per heavy atom. The van der Waals surface area contributed by atoms with E-state index in [1.165, 1.54) is 11.8 Å². The molecule has 64 valence electrons. The van der Waals surface area contributed by atoms with E-state index in [1.54, 1.807) is 6.07 Å². The van der Waals surface area contributed by atoms with Crippen molar-refractivity contribution >= 4 is 38.4 Å². The van der Waals surface area contributed by atoms with Gasteiger partial charge >= 0.3 is 0 Å². The van der Waals surface area contributed by atoms with Crippen LogP contribution in [-0.4, -0.2) is 11.3 Å². The lowest BCUT2D eigenvalue weighted by Crippen LogP contribution is -1.98. The Labute approximate surface area is 84.2 Å². The second-order valence-corrected chi connectivity index (χ2v) is 4.00. The van der Waals surface area contributed by atoms with Crippen molar-refractivity contribution in [3.63, 3.8) is 0 Å². The van der Waals surface area contributed by atoms with Crippen molar-refractivity contribution in [2.75, 3.05) is 12.0 Å². The first kappa shape index (κ1) is 9.61. The molecule has 1 aromatic rings. The first-order valence-corrected chi connectivity index (χ1v) is 5.35. The lowest BCUT2D eigenvalue weighted by Gasteiger charge is -2.04. The minimum Gasteiger partial charge on any atom is -0.398 e. The molecule has 4 heteroatoms. The molecule has 0 fully saturated rings. The third kappa shape index (κ3) is 2.01. The SMILES string of the molecule is CSC(=N)c1cc(Br)ccc1N.